The molecule has 1 aliphatic rings. The second-order valence-corrected chi connectivity index (χ2v) is 16.4. The van der Waals surface area contributed by atoms with Gasteiger partial charge in [0.05, 0.1) is 28.3 Å². The molecule has 0 unspecified atom stereocenters. The normalized spacial score (nSPS) is 13.4. The smallest absolute Gasteiger partial charge is 0.147 e. The van der Waals surface area contributed by atoms with Gasteiger partial charge in [-0.1, -0.05) is 153 Å². The number of para-hydroxylation sites is 2. The Hall–Kier alpha value is -7.56. The average Bonchev–Trinajstić information content (AvgIpc) is 3.94. The van der Waals surface area contributed by atoms with Crippen LogP contribution in [0.1, 0.15) is 25.0 Å². The number of hydrogen-bond acceptors (Lipinski definition) is 4. The second kappa shape index (κ2) is 11.7. The van der Waals surface area contributed by atoms with Crippen molar-refractivity contribution in [3.63, 3.8) is 0 Å². The fourth-order valence-electron chi connectivity index (χ4n) is 10.1. The van der Waals surface area contributed by atoms with Crippen molar-refractivity contribution in [2.24, 2.45) is 0 Å². The summed E-state index contributed by atoms with van der Waals surface area (Å²) in [5.74, 6) is 0. The highest BCUT2D eigenvalue weighted by atomic mass is 16.3. The van der Waals surface area contributed by atoms with Crippen LogP contribution in [0.3, 0.4) is 0 Å². The summed E-state index contributed by atoms with van der Waals surface area (Å²) in [5.41, 5.74) is 16.4. The molecule has 1 aliphatic carbocycles. The van der Waals surface area contributed by atoms with Gasteiger partial charge in [0.25, 0.3) is 0 Å². The molecule has 0 saturated carbocycles. The van der Waals surface area contributed by atoms with Gasteiger partial charge in [0, 0.05) is 49.0 Å². The summed E-state index contributed by atoms with van der Waals surface area (Å²) in [5, 5.41) is 8.75. The summed E-state index contributed by atoms with van der Waals surface area (Å²) < 4.78 is 13.8. The number of benzene rings is 9. The summed E-state index contributed by atoms with van der Waals surface area (Å²) in [6, 6.07) is 58.3. The van der Waals surface area contributed by atoms with E-state index >= 15 is 0 Å². The summed E-state index contributed by atoms with van der Waals surface area (Å²) >= 11 is 0. The lowest BCUT2D eigenvalue weighted by Crippen LogP contribution is -2.14. The topological polar surface area (TPSA) is 52.1 Å². The minimum atomic E-state index is -0.120. The quantitative estimate of drug-likeness (QED) is 0.169. The van der Waals surface area contributed by atoms with Gasteiger partial charge < -0.3 is 8.83 Å². The van der Waals surface area contributed by atoms with Crippen molar-refractivity contribution in [2.75, 3.05) is 0 Å². The van der Waals surface area contributed by atoms with Gasteiger partial charge in [-0.05, 0) is 68.4 Å². The minimum Gasteiger partial charge on any atom is -0.455 e. The summed E-state index contributed by atoms with van der Waals surface area (Å²) in [6.45, 7) is 4.66. The summed E-state index contributed by atoms with van der Waals surface area (Å²) in [6.07, 6.45) is 1.91. The molecule has 0 bridgehead atoms. The first kappa shape index (κ1) is 32.5. The second-order valence-electron chi connectivity index (χ2n) is 16.4. The number of fused-ring (bicyclic) bond motifs is 16. The Morgan fingerprint density at radius 3 is 1.90 bits per heavy atom. The van der Waals surface area contributed by atoms with E-state index in [2.05, 4.69) is 166 Å². The van der Waals surface area contributed by atoms with Gasteiger partial charge >= 0.3 is 0 Å². The van der Waals surface area contributed by atoms with Gasteiger partial charge in [-0.3, -0.25) is 4.98 Å². The van der Waals surface area contributed by atoms with Gasteiger partial charge in [0.1, 0.15) is 22.3 Å². The predicted octanol–water partition coefficient (Wildman–Crippen LogP) is 15.0. The molecular weight excluding hydrogens is 721 g/mol. The Kier molecular flexibility index (Phi) is 6.48. The van der Waals surface area contributed by atoms with Crippen LogP contribution >= 0.6 is 0 Å². The van der Waals surface area contributed by atoms with E-state index < -0.39 is 0 Å². The van der Waals surface area contributed by atoms with Crippen molar-refractivity contribution in [3.8, 4) is 44.6 Å². The Bertz CT molecular complexity index is 3740. The zero-order valence-electron chi connectivity index (χ0n) is 32.4. The van der Waals surface area contributed by atoms with E-state index in [9.17, 15) is 0 Å². The first-order valence-corrected chi connectivity index (χ1v) is 20.2. The molecule has 9 aromatic carbocycles. The molecule has 0 saturated heterocycles. The zero-order valence-corrected chi connectivity index (χ0v) is 32.4. The van der Waals surface area contributed by atoms with Crippen molar-refractivity contribution in [3.05, 3.63) is 181 Å². The van der Waals surface area contributed by atoms with E-state index in [1.165, 1.54) is 33.0 Å². The zero-order chi connectivity index (χ0) is 39.0. The molecule has 0 fully saturated rings. The minimum absolute atomic E-state index is 0.120. The lowest BCUT2D eigenvalue weighted by Gasteiger charge is -2.22. The number of rotatable bonds is 3. The molecule has 0 radical (unpaired) electrons. The van der Waals surface area contributed by atoms with Crippen molar-refractivity contribution in [1.82, 2.24) is 9.97 Å². The average molecular weight is 755 g/mol. The molecule has 276 valence electrons. The molecular formula is C55H34N2O2. The Morgan fingerprint density at radius 2 is 1.05 bits per heavy atom. The maximum atomic E-state index is 7.06. The number of furan rings is 2. The molecule has 0 spiro atoms. The molecule has 0 amide bonds. The van der Waals surface area contributed by atoms with E-state index in [0.29, 0.717) is 0 Å². The highest BCUT2D eigenvalue weighted by Crippen LogP contribution is 2.51. The van der Waals surface area contributed by atoms with E-state index in [-0.39, 0.29) is 5.41 Å². The van der Waals surface area contributed by atoms with Crippen LogP contribution in [-0.2, 0) is 5.41 Å². The molecule has 3 aromatic heterocycles. The van der Waals surface area contributed by atoms with E-state index in [0.717, 1.165) is 99.2 Å². The van der Waals surface area contributed by atoms with Crippen LogP contribution in [-0.4, -0.2) is 9.97 Å². The third kappa shape index (κ3) is 4.49. The van der Waals surface area contributed by atoms with Crippen LogP contribution in [0.5, 0.6) is 0 Å². The molecule has 13 rings (SSSR count). The van der Waals surface area contributed by atoms with Crippen molar-refractivity contribution >= 4 is 76.5 Å². The fraction of sp³-hybridized carbons (Fsp3) is 0.0545. The van der Waals surface area contributed by atoms with E-state index in [1.54, 1.807) is 0 Å². The van der Waals surface area contributed by atoms with E-state index in [1.807, 2.05) is 18.3 Å². The standard InChI is InChI=1S/C55H34N2O2/c1-55(2)45-23-9-7-17-37(45)38-26-25-32(28-46(38)55)43-29-44-41-22-12-21-34(52(41)59-54(44)49-42-20-8-10-24-48(42)58-53(43)49)31-13-11-14-33(27-31)47-30-56-50-39-18-5-3-15-35(39)36-16-4-6-19-40(36)51(50)57-47/h3-30H,1-2H3. The molecule has 0 atom stereocenters. The van der Waals surface area contributed by atoms with Gasteiger partial charge in [-0.25, -0.2) is 4.98 Å². The summed E-state index contributed by atoms with van der Waals surface area (Å²) in [7, 11) is 0. The molecule has 59 heavy (non-hydrogen) atoms. The maximum absolute atomic E-state index is 7.06. The van der Waals surface area contributed by atoms with Crippen LogP contribution in [0.15, 0.2) is 179 Å². The first-order valence-electron chi connectivity index (χ1n) is 20.2. The lowest BCUT2D eigenvalue weighted by molar-refractivity contribution is 0.659. The third-order valence-corrected chi connectivity index (χ3v) is 12.9. The van der Waals surface area contributed by atoms with Gasteiger partial charge in [0.15, 0.2) is 0 Å². The fourth-order valence-corrected chi connectivity index (χ4v) is 10.1. The van der Waals surface area contributed by atoms with Crippen LogP contribution in [0, 0.1) is 0 Å². The Morgan fingerprint density at radius 1 is 0.407 bits per heavy atom. The third-order valence-electron chi connectivity index (χ3n) is 12.9. The number of nitrogens with zero attached hydrogens (tertiary/aromatic N) is 2. The van der Waals surface area contributed by atoms with Gasteiger partial charge in [0.2, 0.25) is 0 Å². The first-order chi connectivity index (χ1) is 29.0. The predicted molar refractivity (Wildman–Crippen MR) is 243 cm³/mol. The van der Waals surface area contributed by atoms with Crippen LogP contribution in [0.25, 0.3) is 121 Å². The van der Waals surface area contributed by atoms with Gasteiger partial charge in [-0.2, -0.15) is 0 Å². The highest BCUT2D eigenvalue weighted by Gasteiger charge is 2.35. The largest absolute Gasteiger partial charge is 0.455 e. The molecule has 3 heterocycles. The Balaban J connectivity index is 1.00. The number of aromatic nitrogens is 2. The Labute approximate surface area is 339 Å². The van der Waals surface area contributed by atoms with Crippen LogP contribution in [0.2, 0.25) is 0 Å². The van der Waals surface area contributed by atoms with Crippen molar-refractivity contribution in [2.45, 2.75) is 19.3 Å². The van der Waals surface area contributed by atoms with Crippen molar-refractivity contribution < 1.29 is 8.83 Å². The highest BCUT2D eigenvalue weighted by molar-refractivity contribution is 6.26. The van der Waals surface area contributed by atoms with E-state index in [4.69, 9.17) is 18.8 Å². The molecule has 0 N–H and O–H groups in total. The molecule has 4 nitrogen and oxygen atoms in total. The maximum Gasteiger partial charge on any atom is 0.147 e. The van der Waals surface area contributed by atoms with Crippen LogP contribution < -0.4 is 0 Å². The molecule has 0 aliphatic heterocycles. The number of hydrogen-bond donors (Lipinski definition) is 0. The summed E-state index contributed by atoms with van der Waals surface area (Å²) in [4.78, 5) is 10.3. The molecule has 12 aromatic rings. The molecule has 4 heteroatoms. The monoisotopic (exact) mass is 754 g/mol. The SMILES string of the molecule is CC1(C)c2ccccc2-c2ccc(-c3cc4c5cccc(-c6cccc(-c7cnc8c9ccccc9c9ccccc9c8n7)c6)c5oc4c4c3oc3ccccc34)cc21. The van der Waals surface area contributed by atoms with Crippen molar-refractivity contribution in [1.29, 1.82) is 0 Å². The van der Waals surface area contributed by atoms with Gasteiger partial charge in [-0.15, -0.1) is 0 Å². The lowest BCUT2D eigenvalue weighted by atomic mass is 9.81. The van der Waals surface area contributed by atoms with Crippen LogP contribution in [0.4, 0.5) is 0 Å².